The molecule has 1 aliphatic carbocycles. The molecule has 0 bridgehead atoms. The van der Waals surface area contributed by atoms with Gasteiger partial charge in [-0.25, -0.2) is 9.67 Å². The van der Waals surface area contributed by atoms with Crippen LogP contribution in [0.25, 0.3) is 33.3 Å². The van der Waals surface area contributed by atoms with Crippen molar-refractivity contribution >= 4 is 21.8 Å². The van der Waals surface area contributed by atoms with E-state index in [9.17, 15) is 0 Å². The van der Waals surface area contributed by atoms with Gasteiger partial charge in [0.2, 0.25) is 0 Å². The number of aromatic nitrogens is 4. The van der Waals surface area contributed by atoms with Gasteiger partial charge in [-0.1, -0.05) is 97.6 Å². The first-order valence-electron chi connectivity index (χ1n) is 19.8. The molecule has 270 valence electrons. The second kappa shape index (κ2) is 15.1. The second-order valence-electron chi connectivity index (χ2n) is 15.6. The van der Waals surface area contributed by atoms with E-state index in [0.29, 0.717) is 23.7 Å². The number of rotatable bonds is 12. The third-order valence-electron chi connectivity index (χ3n) is 11.0. The molecule has 1 unspecified atom stereocenters. The monoisotopic (exact) mass is 692 g/mol. The molecule has 6 aromatic rings. The molecule has 7 rings (SSSR count). The molecule has 3 heterocycles. The van der Waals surface area contributed by atoms with Crippen molar-refractivity contribution in [3.8, 4) is 23.0 Å². The highest BCUT2D eigenvalue weighted by Gasteiger charge is 2.33. The number of pyridine rings is 1. The van der Waals surface area contributed by atoms with Crippen molar-refractivity contribution in [3.63, 3.8) is 0 Å². The van der Waals surface area contributed by atoms with Crippen LogP contribution in [0.2, 0.25) is 0 Å². The van der Waals surface area contributed by atoms with Crippen LogP contribution in [-0.4, -0.2) is 19.3 Å². The Morgan fingerprint density at radius 1 is 0.808 bits per heavy atom. The zero-order chi connectivity index (χ0) is 36.5. The molecule has 3 atom stereocenters. The Morgan fingerprint density at radius 2 is 1.58 bits per heavy atom. The van der Waals surface area contributed by atoms with Crippen molar-refractivity contribution < 1.29 is 4.74 Å². The number of allylic oxidation sites excluding steroid dienone is 2. The SMILES string of the molecule is CCCc1ccnc(-n2c3ccccc3c3ccc(Oc4cc(C(C)C)cc(-n5nc(CCC)c([C@H]6C(C)=C[C@H](C)CC6C)c5CCC)c4)cc32)c1. The topological polar surface area (TPSA) is 44.9 Å². The summed E-state index contributed by atoms with van der Waals surface area (Å²) in [6.45, 7) is 18.5. The summed E-state index contributed by atoms with van der Waals surface area (Å²) in [5.41, 5.74) is 11.5. The van der Waals surface area contributed by atoms with Crippen LogP contribution in [0.3, 0.4) is 0 Å². The van der Waals surface area contributed by atoms with E-state index in [2.05, 4.69) is 144 Å². The highest BCUT2D eigenvalue weighted by atomic mass is 16.5. The summed E-state index contributed by atoms with van der Waals surface area (Å²) in [7, 11) is 0. The van der Waals surface area contributed by atoms with E-state index in [-0.39, 0.29) is 0 Å². The standard InChI is InChI=1S/C47H56N4O/c1-9-14-34-21-22-48-45(25-34)50-42-18-13-12-17-39(42)40-20-19-37(29-44(40)50)52-38-27-35(30(4)5)26-36(28-38)51-43(16-11-3)47(41(49-51)15-10-2)46-32(7)23-31(6)24-33(46)8/h12-13,17-23,25-31,33,46H,9-11,14-16,24H2,1-8H3/t31-,33?,46-/m0/s1. The van der Waals surface area contributed by atoms with E-state index in [1.54, 1.807) is 0 Å². The fourth-order valence-electron chi connectivity index (χ4n) is 8.84. The first-order chi connectivity index (χ1) is 25.2. The fraction of sp³-hybridized carbons (Fsp3) is 0.404. The molecule has 0 aliphatic heterocycles. The van der Waals surface area contributed by atoms with Crippen molar-refractivity contribution in [2.24, 2.45) is 11.8 Å². The van der Waals surface area contributed by atoms with Gasteiger partial charge in [0.15, 0.2) is 0 Å². The first-order valence-corrected chi connectivity index (χ1v) is 19.8. The molecule has 52 heavy (non-hydrogen) atoms. The average Bonchev–Trinajstić information content (AvgIpc) is 3.63. The Hall–Kier alpha value is -4.64. The second-order valence-corrected chi connectivity index (χ2v) is 15.6. The largest absolute Gasteiger partial charge is 0.457 e. The smallest absolute Gasteiger partial charge is 0.137 e. The minimum absolute atomic E-state index is 0.332. The molecule has 3 aromatic carbocycles. The van der Waals surface area contributed by atoms with Crippen molar-refractivity contribution in [2.75, 3.05) is 0 Å². The average molecular weight is 693 g/mol. The predicted octanol–water partition coefficient (Wildman–Crippen LogP) is 12.8. The number of ether oxygens (including phenoxy) is 1. The maximum absolute atomic E-state index is 6.85. The molecule has 0 spiro atoms. The van der Waals surface area contributed by atoms with Crippen molar-refractivity contribution in [3.05, 3.63) is 119 Å². The maximum Gasteiger partial charge on any atom is 0.137 e. The van der Waals surface area contributed by atoms with E-state index in [0.717, 1.165) is 72.6 Å². The van der Waals surface area contributed by atoms with Crippen LogP contribution in [0.4, 0.5) is 0 Å². The van der Waals surface area contributed by atoms with Crippen LogP contribution in [0.15, 0.2) is 90.6 Å². The first kappa shape index (κ1) is 35.7. The summed E-state index contributed by atoms with van der Waals surface area (Å²) in [6.07, 6.45) is 11.9. The van der Waals surface area contributed by atoms with Gasteiger partial charge in [-0.15, -0.1) is 0 Å². The minimum Gasteiger partial charge on any atom is -0.457 e. The summed E-state index contributed by atoms with van der Waals surface area (Å²) in [5, 5.41) is 7.86. The summed E-state index contributed by atoms with van der Waals surface area (Å²) < 4.78 is 11.4. The third-order valence-corrected chi connectivity index (χ3v) is 11.0. The van der Waals surface area contributed by atoms with Crippen molar-refractivity contribution in [2.45, 2.75) is 112 Å². The van der Waals surface area contributed by atoms with Gasteiger partial charge >= 0.3 is 0 Å². The van der Waals surface area contributed by atoms with Gasteiger partial charge in [-0.3, -0.25) is 4.57 Å². The quantitative estimate of drug-likeness (QED) is 0.120. The lowest BCUT2D eigenvalue weighted by Crippen LogP contribution is -2.21. The van der Waals surface area contributed by atoms with E-state index >= 15 is 0 Å². The third kappa shape index (κ3) is 6.83. The van der Waals surface area contributed by atoms with E-state index in [1.165, 1.54) is 50.8 Å². The maximum atomic E-state index is 6.85. The van der Waals surface area contributed by atoms with Gasteiger partial charge in [-0.2, -0.15) is 5.10 Å². The lowest BCUT2D eigenvalue weighted by Gasteiger charge is -2.33. The molecule has 0 N–H and O–H groups in total. The number of para-hydroxylation sites is 1. The summed E-state index contributed by atoms with van der Waals surface area (Å²) in [6, 6.07) is 26.2. The fourth-order valence-corrected chi connectivity index (χ4v) is 8.84. The molecule has 0 radical (unpaired) electrons. The summed E-state index contributed by atoms with van der Waals surface area (Å²) >= 11 is 0. The zero-order valence-electron chi connectivity index (χ0n) is 32.5. The highest BCUT2D eigenvalue weighted by Crippen LogP contribution is 2.44. The Morgan fingerprint density at radius 3 is 2.33 bits per heavy atom. The van der Waals surface area contributed by atoms with Gasteiger partial charge in [-0.05, 0) is 104 Å². The molecule has 5 heteroatoms. The van der Waals surface area contributed by atoms with Gasteiger partial charge in [0.25, 0.3) is 0 Å². The molecule has 0 saturated carbocycles. The molecule has 5 nitrogen and oxygen atoms in total. The van der Waals surface area contributed by atoms with Crippen LogP contribution in [-0.2, 0) is 19.3 Å². The van der Waals surface area contributed by atoms with Crippen molar-refractivity contribution in [1.82, 2.24) is 19.3 Å². The minimum atomic E-state index is 0.332. The van der Waals surface area contributed by atoms with Crippen LogP contribution < -0.4 is 4.74 Å². The number of hydrogen-bond acceptors (Lipinski definition) is 3. The number of aryl methyl sites for hydroxylation is 2. The van der Waals surface area contributed by atoms with Gasteiger partial charge in [0, 0.05) is 46.3 Å². The predicted molar refractivity (Wildman–Crippen MR) is 218 cm³/mol. The zero-order valence-corrected chi connectivity index (χ0v) is 32.5. The van der Waals surface area contributed by atoms with Crippen molar-refractivity contribution in [1.29, 1.82) is 0 Å². The van der Waals surface area contributed by atoms with Gasteiger partial charge < -0.3 is 4.74 Å². The number of benzene rings is 3. The summed E-state index contributed by atoms with van der Waals surface area (Å²) in [5.74, 6) is 4.52. The van der Waals surface area contributed by atoms with E-state index < -0.39 is 0 Å². The molecule has 0 amide bonds. The van der Waals surface area contributed by atoms with Gasteiger partial charge in [0.1, 0.15) is 17.3 Å². The molecule has 1 aliphatic rings. The highest BCUT2D eigenvalue weighted by molar-refractivity contribution is 6.09. The molecule has 0 fully saturated rings. The summed E-state index contributed by atoms with van der Waals surface area (Å²) in [4.78, 5) is 4.86. The van der Waals surface area contributed by atoms with E-state index in [1.807, 2.05) is 6.20 Å². The van der Waals surface area contributed by atoms with E-state index in [4.69, 9.17) is 14.8 Å². The Bertz CT molecular complexity index is 2230. The van der Waals surface area contributed by atoms with Crippen LogP contribution in [0, 0.1) is 11.8 Å². The number of fused-ring (bicyclic) bond motifs is 3. The number of nitrogens with zero attached hydrogens (tertiary/aromatic N) is 4. The van der Waals surface area contributed by atoms with Crippen LogP contribution in [0.5, 0.6) is 11.5 Å². The Kier molecular flexibility index (Phi) is 10.4. The Labute approximate surface area is 310 Å². The molecule has 0 saturated heterocycles. The van der Waals surface area contributed by atoms with Crippen LogP contribution in [0.1, 0.15) is 121 Å². The van der Waals surface area contributed by atoms with Crippen LogP contribution >= 0.6 is 0 Å². The normalized spacial score (nSPS) is 17.7. The number of hydrogen-bond donors (Lipinski definition) is 0. The molecule has 3 aromatic heterocycles. The van der Waals surface area contributed by atoms with Gasteiger partial charge in [0.05, 0.1) is 22.4 Å². The lowest BCUT2D eigenvalue weighted by atomic mass is 9.72. The molecular formula is C47H56N4O. The Balaban J connectivity index is 1.35. The molecular weight excluding hydrogens is 637 g/mol. The lowest BCUT2D eigenvalue weighted by molar-refractivity contribution is 0.389.